The lowest BCUT2D eigenvalue weighted by molar-refractivity contribution is 0.111. The first-order valence-electron chi connectivity index (χ1n) is 3.92. The quantitative estimate of drug-likeness (QED) is 0.611. The fourth-order valence-corrected chi connectivity index (χ4v) is 1.44. The molecular weight excluding hydrogens is 169 g/mol. The molecule has 0 amide bonds. The number of hydrogen-bond acceptors (Lipinski definition) is 1. The largest absolute Gasteiger partial charge is 0.341 e. The molecule has 0 radical (unpaired) electrons. The summed E-state index contributed by atoms with van der Waals surface area (Å²) in [5.41, 5.74) is 1.29. The number of fused-ring (bicyclic) bond motifs is 1. The van der Waals surface area contributed by atoms with Crippen molar-refractivity contribution in [2.75, 3.05) is 0 Å². The first-order chi connectivity index (χ1) is 6.22. The number of halogens is 1. The summed E-state index contributed by atoms with van der Waals surface area (Å²) < 4.78 is 14.5. The molecule has 2 rings (SSSR count). The summed E-state index contributed by atoms with van der Waals surface area (Å²) >= 11 is 0. The first-order valence-corrected chi connectivity index (χ1v) is 3.92. The number of aromatic nitrogens is 1. The van der Waals surface area contributed by atoms with E-state index in [0.717, 1.165) is 17.2 Å². The second-order valence-electron chi connectivity index (χ2n) is 2.95. The number of rotatable bonds is 1. The highest BCUT2D eigenvalue weighted by Crippen LogP contribution is 2.18. The van der Waals surface area contributed by atoms with Gasteiger partial charge in [-0.3, -0.25) is 4.79 Å². The van der Waals surface area contributed by atoms with Gasteiger partial charge in [-0.2, -0.15) is 0 Å². The van der Waals surface area contributed by atoms with Crippen molar-refractivity contribution in [3.63, 3.8) is 0 Å². The van der Waals surface area contributed by atoms with Crippen molar-refractivity contribution in [3.05, 3.63) is 35.8 Å². The van der Waals surface area contributed by atoms with Crippen LogP contribution in [0.5, 0.6) is 0 Å². The molecule has 0 aliphatic carbocycles. The Bertz CT molecular complexity index is 473. The fraction of sp³-hybridized carbons (Fsp3) is 0.100. The van der Waals surface area contributed by atoms with Gasteiger partial charge in [-0.15, -0.1) is 0 Å². The standard InChI is InChI=1S/C10H8FNO/c1-12-9(6-13)4-7-2-3-8(11)5-10(7)12/h2-6H,1H3. The van der Waals surface area contributed by atoms with Crippen molar-refractivity contribution >= 4 is 17.2 Å². The number of aryl methyl sites for hydroxylation is 1. The van der Waals surface area contributed by atoms with E-state index in [1.807, 2.05) is 0 Å². The van der Waals surface area contributed by atoms with Crippen LogP contribution in [0.3, 0.4) is 0 Å². The molecule has 1 heterocycles. The minimum atomic E-state index is -0.286. The molecule has 0 atom stereocenters. The lowest BCUT2D eigenvalue weighted by atomic mass is 10.2. The van der Waals surface area contributed by atoms with Crippen LogP contribution in [0, 0.1) is 5.82 Å². The molecule has 0 saturated carbocycles. The van der Waals surface area contributed by atoms with Gasteiger partial charge in [-0.25, -0.2) is 4.39 Å². The minimum Gasteiger partial charge on any atom is -0.341 e. The average Bonchev–Trinajstić information content (AvgIpc) is 2.44. The molecular formula is C10H8FNO. The Kier molecular flexibility index (Phi) is 1.65. The molecule has 13 heavy (non-hydrogen) atoms. The van der Waals surface area contributed by atoms with E-state index < -0.39 is 0 Å². The smallest absolute Gasteiger partial charge is 0.166 e. The number of carbonyl (C=O) groups is 1. The van der Waals surface area contributed by atoms with Crippen LogP contribution < -0.4 is 0 Å². The highest BCUT2D eigenvalue weighted by molar-refractivity contribution is 5.88. The lowest BCUT2D eigenvalue weighted by Crippen LogP contribution is -1.93. The van der Waals surface area contributed by atoms with Gasteiger partial charge in [0.05, 0.1) is 11.2 Å². The van der Waals surface area contributed by atoms with Gasteiger partial charge in [0.15, 0.2) is 6.29 Å². The topological polar surface area (TPSA) is 22.0 Å². The van der Waals surface area contributed by atoms with E-state index >= 15 is 0 Å². The van der Waals surface area contributed by atoms with Gasteiger partial charge in [0.2, 0.25) is 0 Å². The number of aldehydes is 1. The van der Waals surface area contributed by atoms with Gasteiger partial charge in [0.25, 0.3) is 0 Å². The van der Waals surface area contributed by atoms with Crippen molar-refractivity contribution in [1.29, 1.82) is 0 Å². The number of hydrogen-bond donors (Lipinski definition) is 0. The molecule has 0 aliphatic rings. The second-order valence-corrected chi connectivity index (χ2v) is 2.95. The second kappa shape index (κ2) is 2.69. The van der Waals surface area contributed by atoms with Crippen LogP contribution in [-0.4, -0.2) is 10.9 Å². The van der Waals surface area contributed by atoms with E-state index in [0.29, 0.717) is 5.69 Å². The third kappa shape index (κ3) is 1.13. The summed E-state index contributed by atoms with van der Waals surface area (Å²) in [5.74, 6) is -0.286. The average molecular weight is 177 g/mol. The summed E-state index contributed by atoms with van der Waals surface area (Å²) in [4.78, 5) is 10.6. The van der Waals surface area contributed by atoms with E-state index in [4.69, 9.17) is 0 Å². The molecule has 1 aromatic carbocycles. The monoisotopic (exact) mass is 177 g/mol. The minimum absolute atomic E-state index is 0.286. The maximum atomic E-state index is 12.8. The highest BCUT2D eigenvalue weighted by Gasteiger charge is 2.04. The van der Waals surface area contributed by atoms with E-state index in [-0.39, 0.29) is 5.82 Å². The van der Waals surface area contributed by atoms with Gasteiger partial charge >= 0.3 is 0 Å². The predicted octanol–water partition coefficient (Wildman–Crippen LogP) is 2.13. The van der Waals surface area contributed by atoms with E-state index in [1.54, 1.807) is 23.7 Å². The summed E-state index contributed by atoms with van der Waals surface area (Å²) in [5, 5.41) is 0.881. The summed E-state index contributed by atoms with van der Waals surface area (Å²) in [6.07, 6.45) is 0.762. The molecule has 0 N–H and O–H groups in total. The van der Waals surface area contributed by atoms with Gasteiger partial charge < -0.3 is 4.57 Å². The molecule has 0 unspecified atom stereocenters. The predicted molar refractivity (Wildman–Crippen MR) is 48.3 cm³/mol. The van der Waals surface area contributed by atoms with Gasteiger partial charge in [0.1, 0.15) is 5.82 Å². The van der Waals surface area contributed by atoms with E-state index in [1.165, 1.54) is 12.1 Å². The van der Waals surface area contributed by atoms with Gasteiger partial charge in [-0.05, 0) is 24.3 Å². The number of carbonyl (C=O) groups excluding carboxylic acids is 1. The van der Waals surface area contributed by atoms with Crippen LogP contribution in [-0.2, 0) is 7.05 Å². The molecule has 66 valence electrons. The molecule has 3 heteroatoms. The molecule has 2 aromatic rings. The van der Waals surface area contributed by atoms with E-state index in [2.05, 4.69) is 0 Å². The molecule has 0 aliphatic heterocycles. The van der Waals surface area contributed by atoms with Crippen LogP contribution in [0.25, 0.3) is 10.9 Å². The van der Waals surface area contributed by atoms with Crippen LogP contribution in [0.15, 0.2) is 24.3 Å². The van der Waals surface area contributed by atoms with Crippen molar-refractivity contribution in [1.82, 2.24) is 4.57 Å². The molecule has 0 bridgehead atoms. The number of nitrogens with zero attached hydrogens (tertiary/aromatic N) is 1. The van der Waals surface area contributed by atoms with Crippen molar-refractivity contribution in [2.24, 2.45) is 7.05 Å². The maximum absolute atomic E-state index is 12.8. The molecule has 2 nitrogen and oxygen atoms in total. The normalized spacial score (nSPS) is 10.6. The lowest BCUT2D eigenvalue weighted by Gasteiger charge is -1.96. The SMILES string of the molecule is Cn1c(C=O)cc2ccc(F)cc21. The third-order valence-electron chi connectivity index (χ3n) is 2.17. The van der Waals surface area contributed by atoms with Crippen molar-refractivity contribution in [3.8, 4) is 0 Å². The third-order valence-corrected chi connectivity index (χ3v) is 2.17. The first kappa shape index (κ1) is 7.98. The van der Waals surface area contributed by atoms with Gasteiger partial charge in [0, 0.05) is 12.4 Å². The molecule has 0 saturated heterocycles. The summed E-state index contributed by atoms with van der Waals surface area (Å²) in [7, 11) is 1.74. The zero-order valence-corrected chi connectivity index (χ0v) is 7.12. The molecule has 0 fully saturated rings. The van der Waals surface area contributed by atoms with Gasteiger partial charge in [-0.1, -0.05) is 0 Å². The Balaban J connectivity index is 2.84. The molecule has 0 spiro atoms. The van der Waals surface area contributed by atoms with Crippen molar-refractivity contribution < 1.29 is 9.18 Å². The van der Waals surface area contributed by atoms with E-state index in [9.17, 15) is 9.18 Å². The van der Waals surface area contributed by atoms with Crippen LogP contribution >= 0.6 is 0 Å². The van der Waals surface area contributed by atoms with Crippen LogP contribution in [0.2, 0.25) is 0 Å². The Morgan fingerprint density at radius 3 is 2.85 bits per heavy atom. The Hall–Kier alpha value is -1.64. The Labute approximate surface area is 74.6 Å². The molecule has 1 aromatic heterocycles. The summed E-state index contributed by atoms with van der Waals surface area (Å²) in [6.45, 7) is 0. The fourth-order valence-electron chi connectivity index (χ4n) is 1.44. The van der Waals surface area contributed by atoms with Crippen LogP contribution in [0.4, 0.5) is 4.39 Å². The Morgan fingerprint density at radius 1 is 1.38 bits per heavy atom. The van der Waals surface area contributed by atoms with Crippen molar-refractivity contribution in [2.45, 2.75) is 0 Å². The zero-order chi connectivity index (χ0) is 9.42. The number of benzene rings is 1. The Morgan fingerprint density at radius 2 is 2.15 bits per heavy atom. The zero-order valence-electron chi connectivity index (χ0n) is 7.12. The van der Waals surface area contributed by atoms with Crippen LogP contribution in [0.1, 0.15) is 10.5 Å². The summed E-state index contributed by atoms with van der Waals surface area (Å²) in [6, 6.07) is 6.21. The highest BCUT2D eigenvalue weighted by atomic mass is 19.1. The maximum Gasteiger partial charge on any atom is 0.166 e.